The summed E-state index contributed by atoms with van der Waals surface area (Å²) in [5.41, 5.74) is 3.93. The third-order valence-corrected chi connectivity index (χ3v) is 2.83. The first kappa shape index (κ1) is 14.2. The van der Waals surface area contributed by atoms with Crippen LogP contribution in [-0.2, 0) is 0 Å². The van der Waals surface area contributed by atoms with Crippen molar-refractivity contribution in [2.75, 3.05) is 6.54 Å². The fourth-order valence-electron chi connectivity index (χ4n) is 1.72. The second kappa shape index (κ2) is 6.81. The number of aromatic nitrogens is 1. The minimum Gasteiger partial charge on any atom is -0.362 e. The van der Waals surface area contributed by atoms with E-state index in [4.69, 9.17) is 12.2 Å². The fourth-order valence-corrected chi connectivity index (χ4v) is 1.92. The van der Waals surface area contributed by atoms with Gasteiger partial charge >= 0.3 is 0 Å². The van der Waals surface area contributed by atoms with E-state index >= 15 is 0 Å². The van der Waals surface area contributed by atoms with Crippen LogP contribution in [0.1, 0.15) is 12.6 Å². The van der Waals surface area contributed by atoms with Gasteiger partial charge in [0.05, 0.1) is 17.6 Å². The fraction of sp³-hybridized carbons (Fsp3) is 0.143. The number of nitrogens with zero attached hydrogens (tertiary/aromatic N) is 2. The molecule has 0 aliphatic rings. The summed E-state index contributed by atoms with van der Waals surface area (Å²) in [6.45, 7) is 2.67. The predicted octanol–water partition coefficient (Wildman–Crippen LogP) is 2.43. The Labute approximate surface area is 122 Å². The van der Waals surface area contributed by atoms with Crippen molar-refractivity contribution in [3.8, 4) is 5.69 Å². The third-order valence-electron chi connectivity index (χ3n) is 2.59. The predicted molar refractivity (Wildman–Crippen MR) is 82.7 cm³/mol. The van der Waals surface area contributed by atoms with Crippen LogP contribution in [-0.4, -0.2) is 22.4 Å². The van der Waals surface area contributed by atoms with E-state index in [1.807, 2.05) is 19.1 Å². The number of halogens is 1. The number of thiocarbonyl (C=S) groups is 1. The second-order valence-corrected chi connectivity index (χ2v) is 4.39. The average Bonchev–Trinajstić information content (AvgIpc) is 2.88. The summed E-state index contributed by atoms with van der Waals surface area (Å²) < 4.78 is 15.5. The summed E-state index contributed by atoms with van der Waals surface area (Å²) >= 11 is 4.99. The van der Waals surface area contributed by atoms with Crippen LogP contribution in [0.2, 0.25) is 0 Å². The molecule has 1 heterocycles. The zero-order valence-electron chi connectivity index (χ0n) is 11.0. The first-order valence-electron chi connectivity index (χ1n) is 6.21. The minimum atomic E-state index is -0.283. The molecule has 0 atom stereocenters. The van der Waals surface area contributed by atoms with Crippen molar-refractivity contribution in [2.45, 2.75) is 6.92 Å². The largest absolute Gasteiger partial charge is 0.362 e. The SMILES string of the molecule is CCNC(=S)NN=Cc1cccn1-c1ccccc1F. The normalized spacial score (nSPS) is 10.7. The van der Waals surface area contributed by atoms with Gasteiger partial charge in [-0.2, -0.15) is 5.10 Å². The Hall–Kier alpha value is -2.21. The molecular formula is C14H15FN4S. The summed E-state index contributed by atoms with van der Waals surface area (Å²) in [5.74, 6) is -0.283. The maximum atomic E-state index is 13.8. The number of benzene rings is 1. The summed E-state index contributed by atoms with van der Waals surface area (Å²) in [4.78, 5) is 0. The zero-order chi connectivity index (χ0) is 14.4. The van der Waals surface area contributed by atoms with E-state index in [1.54, 1.807) is 35.2 Å². The maximum Gasteiger partial charge on any atom is 0.186 e. The number of rotatable bonds is 4. The standard InChI is InChI=1S/C14H15FN4S/c1-2-16-14(20)18-17-10-11-6-5-9-19(11)13-8-4-3-7-12(13)15/h3-10H,2H2,1H3,(H2,16,18,20). The molecule has 2 rings (SSSR count). The molecule has 0 saturated heterocycles. The Morgan fingerprint density at radius 1 is 1.35 bits per heavy atom. The third kappa shape index (κ3) is 3.42. The Balaban J connectivity index is 2.16. The molecule has 2 N–H and O–H groups in total. The van der Waals surface area contributed by atoms with Gasteiger partial charge in [-0.25, -0.2) is 4.39 Å². The molecule has 1 aromatic heterocycles. The summed E-state index contributed by atoms with van der Waals surface area (Å²) in [6, 6.07) is 10.3. The molecule has 104 valence electrons. The number of nitrogens with one attached hydrogen (secondary N) is 2. The first-order valence-corrected chi connectivity index (χ1v) is 6.62. The molecule has 0 amide bonds. The van der Waals surface area contributed by atoms with E-state index in [2.05, 4.69) is 15.8 Å². The number of hydrazone groups is 1. The lowest BCUT2D eigenvalue weighted by Crippen LogP contribution is -2.31. The first-order chi connectivity index (χ1) is 9.72. The number of para-hydroxylation sites is 1. The van der Waals surface area contributed by atoms with Crippen molar-refractivity contribution in [3.63, 3.8) is 0 Å². The summed E-state index contributed by atoms with van der Waals surface area (Å²) in [7, 11) is 0. The van der Waals surface area contributed by atoms with E-state index in [-0.39, 0.29) is 5.82 Å². The molecule has 20 heavy (non-hydrogen) atoms. The van der Waals surface area contributed by atoms with Gasteiger partial charge in [-0.05, 0) is 43.4 Å². The second-order valence-electron chi connectivity index (χ2n) is 3.98. The van der Waals surface area contributed by atoms with Gasteiger partial charge in [0.2, 0.25) is 0 Å². The van der Waals surface area contributed by atoms with Gasteiger partial charge < -0.3 is 9.88 Å². The van der Waals surface area contributed by atoms with Crippen molar-refractivity contribution in [3.05, 3.63) is 54.1 Å². The van der Waals surface area contributed by atoms with Crippen LogP contribution in [0.4, 0.5) is 4.39 Å². The monoisotopic (exact) mass is 290 g/mol. The lowest BCUT2D eigenvalue weighted by Gasteiger charge is -2.07. The summed E-state index contributed by atoms with van der Waals surface area (Å²) in [6.07, 6.45) is 3.37. The molecule has 0 spiro atoms. The van der Waals surface area contributed by atoms with Gasteiger partial charge in [-0.3, -0.25) is 5.43 Å². The number of hydrogen-bond acceptors (Lipinski definition) is 2. The lowest BCUT2D eigenvalue weighted by molar-refractivity contribution is 0.618. The van der Waals surface area contributed by atoms with Crippen LogP contribution in [0.25, 0.3) is 5.69 Å². The van der Waals surface area contributed by atoms with Crippen LogP contribution in [0, 0.1) is 5.82 Å². The van der Waals surface area contributed by atoms with Crippen LogP contribution < -0.4 is 10.7 Å². The van der Waals surface area contributed by atoms with Crippen LogP contribution in [0.3, 0.4) is 0 Å². The Morgan fingerprint density at radius 3 is 2.90 bits per heavy atom. The van der Waals surface area contributed by atoms with Crippen LogP contribution >= 0.6 is 12.2 Å². The Morgan fingerprint density at radius 2 is 2.15 bits per heavy atom. The molecular weight excluding hydrogens is 275 g/mol. The molecule has 2 aromatic rings. The quantitative estimate of drug-likeness (QED) is 0.516. The summed E-state index contributed by atoms with van der Waals surface area (Å²) in [5, 5.41) is 7.40. The highest BCUT2D eigenvalue weighted by molar-refractivity contribution is 7.80. The lowest BCUT2D eigenvalue weighted by atomic mass is 10.3. The van der Waals surface area contributed by atoms with E-state index in [0.29, 0.717) is 10.8 Å². The molecule has 0 fully saturated rings. The topological polar surface area (TPSA) is 41.4 Å². The smallest absolute Gasteiger partial charge is 0.186 e. The Bertz CT molecular complexity index is 621. The van der Waals surface area contributed by atoms with Crippen LogP contribution in [0.15, 0.2) is 47.7 Å². The highest BCUT2D eigenvalue weighted by Crippen LogP contribution is 2.15. The minimum absolute atomic E-state index is 0.283. The van der Waals surface area contributed by atoms with Gasteiger partial charge in [0.1, 0.15) is 5.82 Å². The van der Waals surface area contributed by atoms with Crippen molar-refractivity contribution < 1.29 is 4.39 Å². The van der Waals surface area contributed by atoms with Gasteiger partial charge in [-0.15, -0.1) is 0 Å². The molecule has 0 unspecified atom stereocenters. The van der Waals surface area contributed by atoms with E-state index in [9.17, 15) is 4.39 Å². The van der Waals surface area contributed by atoms with Gasteiger partial charge in [0, 0.05) is 12.7 Å². The highest BCUT2D eigenvalue weighted by Gasteiger charge is 2.05. The van der Waals surface area contributed by atoms with E-state index in [0.717, 1.165) is 12.2 Å². The van der Waals surface area contributed by atoms with Crippen molar-refractivity contribution >= 4 is 23.5 Å². The number of hydrogen-bond donors (Lipinski definition) is 2. The van der Waals surface area contributed by atoms with E-state index < -0.39 is 0 Å². The molecule has 0 aliphatic heterocycles. The van der Waals surface area contributed by atoms with Crippen LogP contribution in [0.5, 0.6) is 0 Å². The zero-order valence-corrected chi connectivity index (χ0v) is 11.8. The molecule has 1 aromatic carbocycles. The van der Waals surface area contributed by atoms with Crippen molar-refractivity contribution in [2.24, 2.45) is 5.10 Å². The van der Waals surface area contributed by atoms with Gasteiger partial charge in [0.15, 0.2) is 5.11 Å². The van der Waals surface area contributed by atoms with E-state index in [1.165, 1.54) is 6.07 Å². The van der Waals surface area contributed by atoms with Crippen molar-refractivity contribution in [1.82, 2.24) is 15.3 Å². The van der Waals surface area contributed by atoms with Gasteiger partial charge in [-0.1, -0.05) is 12.1 Å². The van der Waals surface area contributed by atoms with Gasteiger partial charge in [0.25, 0.3) is 0 Å². The Kier molecular flexibility index (Phi) is 4.84. The molecule has 0 aliphatic carbocycles. The molecule has 0 bridgehead atoms. The molecule has 0 radical (unpaired) electrons. The van der Waals surface area contributed by atoms with Crippen molar-refractivity contribution in [1.29, 1.82) is 0 Å². The maximum absolute atomic E-state index is 13.8. The highest BCUT2D eigenvalue weighted by atomic mass is 32.1. The average molecular weight is 290 g/mol. The molecule has 6 heteroatoms. The molecule has 4 nitrogen and oxygen atoms in total. The molecule has 0 saturated carbocycles.